The molecule has 0 amide bonds. The first kappa shape index (κ1) is 39.5. The zero-order valence-electron chi connectivity index (χ0n) is 31.4. The number of aromatic hydroxyl groups is 2. The molecule has 1 aromatic carbocycles. The molecule has 0 aliphatic heterocycles. The number of phenolic OH excluding ortho intramolecular Hbond substituents is 2. The summed E-state index contributed by atoms with van der Waals surface area (Å²) >= 11 is 0. The van der Waals surface area contributed by atoms with E-state index in [9.17, 15) is 20.1 Å². The van der Waals surface area contributed by atoms with Crippen molar-refractivity contribution in [2.45, 2.75) is 121 Å². The monoisotopic (exact) mass is 670 g/mol. The number of carbonyl (C=O) groups is 3. The highest BCUT2D eigenvalue weighted by molar-refractivity contribution is 6.41. The van der Waals surface area contributed by atoms with E-state index in [-0.39, 0.29) is 36.5 Å². The van der Waals surface area contributed by atoms with Gasteiger partial charge in [-0.15, -0.1) is 0 Å². The second-order valence-corrected chi connectivity index (χ2v) is 15.7. The normalized spacial score (nSPS) is 24.8. The van der Waals surface area contributed by atoms with Crippen molar-refractivity contribution in [1.82, 2.24) is 0 Å². The van der Waals surface area contributed by atoms with Crippen LogP contribution in [-0.2, 0) is 14.4 Å². The number of aliphatic hydroxyl groups is 1. The van der Waals surface area contributed by atoms with Gasteiger partial charge in [-0.2, -0.15) is 0 Å². The minimum absolute atomic E-state index is 0.0182. The number of benzene rings is 1. The molecule has 0 radical (unpaired) electrons. The lowest BCUT2D eigenvalue weighted by Crippen LogP contribution is -2.69. The van der Waals surface area contributed by atoms with Gasteiger partial charge >= 0.3 is 0 Å². The summed E-state index contributed by atoms with van der Waals surface area (Å²) in [5.41, 5.74) is 1.27. The third kappa shape index (κ3) is 8.11. The molecule has 3 rings (SSSR count). The maximum atomic E-state index is 15.2. The molecule has 0 spiro atoms. The van der Waals surface area contributed by atoms with Crippen molar-refractivity contribution < 1.29 is 29.7 Å². The van der Waals surface area contributed by atoms with Crippen molar-refractivity contribution in [3.05, 3.63) is 87.6 Å². The highest BCUT2D eigenvalue weighted by atomic mass is 16.3. The number of hydrogen-bond donors (Lipinski definition) is 3. The summed E-state index contributed by atoms with van der Waals surface area (Å²) < 4.78 is 0. The first-order chi connectivity index (χ1) is 22.8. The Bertz CT molecular complexity index is 1650. The van der Waals surface area contributed by atoms with E-state index in [2.05, 4.69) is 52.8 Å². The molecule has 0 unspecified atom stereocenters. The average molecular weight is 671 g/mol. The number of phenols is 2. The Morgan fingerprint density at radius 3 is 1.82 bits per heavy atom. The molecule has 266 valence electrons. The van der Waals surface area contributed by atoms with Crippen molar-refractivity contribution in [3.8, 4) is 11.5 Å². The van der Waals surface area contributed by atoms with Crippen LogP contribution in [0, 0.1) is 22.2 Å². The summed E-state index contributed by atoms with van der Waals surface area (Å²) in [6.07, 6.45) is 15.0. The third-order valence-corrected chi connectivity index (χ3v) is 10.8. The fourth-order valence-electron chi connectivity index (χ4n) is 7.52. The Labute approximate surface area is 294 Å². The lowest BCUT2D eigenvalue weighted by Gasteiger charge is -2.60. The minimum atomic E-state index is -1.61. The molecule has 6 heteroatoms. The second-order valence-electron chi connectivity index (χ2n) is 15.7. The smallest absolute Gasteiger partial charge is 0.184 e. The molecule has 0 heterocycles. The quantitative estimate of drug-likeness (QED) is 0.0481. The van der Waals surface area contributed by atoms with E-state index in [4.69, 9.17) is 0 Å². The summed E-state index contributed by atoms with van der Waals surface area (Å²) in [4.78, 5) is 45.1. The molecule has 2 fully saturated rings. The molecule has 2 aliphatic rings. The van der Waals surface area contributed by atoms with Crippen LogP contribution in [0.1, 0.15) is 126 Å². The maximum absolute atomic E-state index is 15.2. The lowest BCUT2D eigenvalue weighted by atomic mass is 9.38. The van der Waals surface area contributed by atoms with Gasteiger partial charge in [0.1, 0.15) is 16.7 Å². The number of allylic oxidation sites excluding steroid dienone is 11. The van der Waals surface area contributed by atoms with Gasteiger partial charge < -0.3 is 15.3 Å². The fourth-order valence-corrected chi connectivity index (χ4v) is 7.52. The van der Waals surface area contributed by atoms with E-state index in [0.29, 0.717) is 6.42 Å². The third-order valence-electron chi connectivity index (χ3n) is 10.8. The molecule has 1 aromatic rings. The molecule has 3 atom stereocenters. The van der Waals surface area contributed by atoms with Crippen LogP contribution in [0.3, 0.4) is 0 Å². The van der Waals surface area contributed by atoms with Crippen LogP contribution in [0.2, 0.25) is 0 Å². The van der Waals surface area contributed by atoms with Gasteiger partial charge in [-0.1, -0.05) is 72.1 Å². The topological polar surface area (TPSA) is 112 Å². The van der Waals surface area contributed by atoms with Crippen LogP contribution < -0.4 is 0 Å². The van der Waals surface area contributed by atoms with Gasteiger partial charge in [-0.25, -0.2) is 0 Å². The molecule has 6 nitrogen and oxygen atoms in total. The molecule has 49 heavy (non-hydrogen) atoms. The first-order valence-electron chi connectivity index (χ1n) is 17.6. The zero-order valence-corrected chi connectivity index (χ0v) is 31.4. The largest absolute Gasteiger partial charge is 0.506 e. The van der Waals surface area contributed by atoms with E-state index < -0.39 is 50.6 Å². The number of rotatable bonds is 13. The van der Waals surface area contributed by atoms with Crippen LogP contribution in [0.15, 0.2) is 82.0 Å². The van der Waals surface area contributed by atoms with Crippen molar-refractivity contribution in [2.75, 3.05) is 0 Å². The SMILES string of the molecule is CC(C)=CCCC(C)=CC[C@H]1C[C@]2(CC=C(C)CCC=C(C)C)C(=O)C(=C(O)c3ccc(O)c(O)c3)C(=O)[C@@](CC=C(C)C)(C2=O)C1(C)C. The molecule has 0 aromatic heterocycles. The van der Waals surface area contributed by atoms with Crippen LogP contribution in [0.5, 0.6) is 11.5 Å². The zero-order chi connectivity index (χ0) is 36.9. The Morgan fingerprint density at radius 1 is 0.735 bits per heavy atom. The second kappa shape index (κ2) is 15.7. The van der Waals surface area contributed by atoms with E-state index in [1.165, 1.54) is 28.9 Å². The van der Waals surface area contributed by atoms with Crippen LogP contribution in [0.4, 0.5) is 0 Å². The van der Waals surface area contributed by atoms with Gasteiger partial charge in [0, 0.05) is 5.56 Å². The average Bonchev–Trinajstić information content (AvgIpc) is 3.00. The molecule has 0 saturated heterocycles. The summed E-state index contributed by atoms with van der Waals surface area (Å²) in [6, 6.07) is 3.68. The van der Waals surface area contributed by atoms with Crippen molar-refractivity contribution in [1.29, 1.82) is 0 Å². The molecular weight excluding hydrogens is 612 g/mol. The summed E-state index contributed by atoms with van der Waals surface area (Å²) in [5, 5.41) is 31.9. The minimum Gasteiger partial charge on any atom is -0.506 e. The number of aliphatic hydroxyl groups excluding tert-OH is 1. The fraction of sp³-hybridized carbons (Fsp3) is 0.512. The predicted molar refractivity (Wildman–Crippen MR) is 199 cm³/mol. The molecule has 2 bridgehead atoms. The summed E-state index contributed by atoms with van der Waals surface area (Å²) in [6.45, 7) is 20.2. The number of carbonyl (C=O) groups excluding carboxylic acids is 3. The van der Waals surface area contributed by atoms with E-state index >= 15 is 9.59 Å². The van der Waals surface area contributed by atoms with Gasteiger partial charge in [0.2, 0.25) is 0 Å². The Balaban J connectivity index is 2.32. The van der Waals surface area contributed by atoms with Gasteiger partial charge in [0.25, 0.3) is 0 Å². The summed E-state index contributed by atoms with van der Waals surface area (Å²) in [7, 11) is 0. The van der Waals surface area contributed by atoms with Crippen LogP contribution in [-0.4, -0.2) is 32.7 Å². The highest BCUT2D eigenvalue weighted by Crippen LogP contribution is 2.65. The van der Waals surface area contributed by atoms with Gasteiger partial charge in [-0.05, 0) is 136 Å². The van der Waals surface area contributed by atoms with E-state index in [0.717, 1.165) is 42.9 Å². The Morgan fingerprint density at radius 2 is 1.29 bits per heavy atom. The lowest BCUT2D eigenvalue weighted by molar-refractivity contribution is -0.176. The van der Waals surface area contributed by atoms with Crippen molar-refractivity contribution in [2.24, 2.45) is 22.2 Å². The predicted octanol–water partition coefficient (Wildman–Crippen LogP) is 10.6. The van der Waals surface area contributed by atoms with Gasteiger partial charge in [0.15, 0.2) is 28.8 Å². The molecule has 2 saturated carbocycles. The van der Waals surface area contributed by atoms with Crippen molar-refractivity contribution in [3.63, 3.8) is 0 Å². The molecular formula is C43H58O6. The number of ketones is 3. The number of hydrogen-bond acceptors (Lipinski definition) is 6. The maximum Gasteiger partial charge on any atom is 0.184 e. The number of Topliss-reactive ketones (excluding diaryl/α,β-unsaturated/α-hetero) is 3. The van der Waals surface area contributed by atoms with Crippen LogP contribution in [0.25, 0.3) is 5.76 Å². The van der Waals surface area contributed by atoms with Gasteiger partial charge in [0.05, 0.1) is 5.41 Å². The molecule has 2 aliphatic carbocycles. The number of fused-ring (bicyclic) bond motifs is 2. The highest BCUT2D eigenvalue weighted by Gasteiger charge is 2.73. The van der Waals surface area contributed by atoms with E-state index in [1.54, 1.807) is 0 Å². The summed E-state index contributed by atoms with van der Waals surface area (Å²) in [5.74, 6) is -3.36. The van der Waals surface area contributed by atoms with Gasteiger partial charge in [-0.3, -0.25) is 14.4 Å². The molecule has 3 N–H and O–H groups in total. The first-order valence-corrected chi connectivity index (χ1v) is 17.6. The standard InChI is InChI=1S/C43H58O6/c1-27(2)13-11-15-30(7)17-19-33-26-42(23-22-31(8)16-12-14-28(3)4)38(47)36(37(46)32-18-20-34(44)35(45)25-32)39(48)43(40(42)49,41(33,9)10)24-21-29(5)6/h13-14,17-18,20-22,25,33,44-46H,11-12,15-16,19,23-24,26H2,1-10H3/t33-,42+,43-/m0/s1. The van der Waals surface area contributed by atoms with Crippen LogP contribution >= 0.6 is 0 Å². The Hall–Kier alpha value is -3.93. The Kier molecular flexibility index (Phi) is 12.7. The van der Waals surface area contributed by atoms with E-state index in [1.807, 2.05) is 46.8 Å². The van der Waals surface area contributed by atoms with Crippen molar-refractivity contribution >= 4 is 23.1 Å².